The summed E-state index contributed by atoms with van der Waals surface area (Å²) in [6.07, 6.45) is 3.17. The maximum atomic E-state index is 12.2. The molecule has 2 amide bonds. The molecular weight excluding hydrogens is 328 g/mol. The topological polar surface area (TPSA) is 75.3 Å². The second-order valence-corrected chi connectivity index (χ2v) is 7.79. The Kier molecular flexibility index (Phi) is 5.74. The van der Waals surface area contributed by atoms with Crippen LogP contribution in [-0.4, -0.2) is 29.7 Å². The Morgan fingerprint density at radius 3 is 2.58 bits per heavy atom. The molecule has 1 saturated heterocycles. The first-order valence-electron chi connectivity index (χ1n) is 9.63. The van der Waals surface area contributed by atoms with E-state index in [0.29, 0.717) is 17.4 Å². The molecule has 1 aromatic carbocycles. The Hall–Kier alpha value is -2.17. The minimum atomic E-state index is -0.0821. The van der Waals surface area contributed by atoms with Crippen LogP contribution in [0.1, 0.15) is 56.3 Å². The number of carbonyl (C=O) groups is 3. The highest BCUT2D eigenvalue weighted by Gasteiger charge is 2.42. The van der Waals surface area contributed by atoms with Gasteiger partial charge in [-0.1, -0.05) is 44.2 Å². The molecule has 0 aromatic heterocycles. The van der Waals surface area contributed by atoms with Crippen molar-refractivity contribution in [2.45, 2.75) is 58.0 Å². The molecule has 2 aliphatic rings. The van der Waals surface area contributed by atoms with Gasteiger partial charge in [0.05, 0.1) is 0 Å². The van der Waals surface area contributed by atoms with E-state index < -0.39 is 0 Å². The third-order valence-electron chi connectivity index (χ3n) is 6.15. The molecule has 26 heavy (non-hydrogen) atoms. The van der Waals surface area contributed by atoms with Crippen LogP contribution in [0.15, 0.2) is 30.3 Å². The summed E-state index contributed by atoms with van der Waals surface area (Å²) < 4.78 is 0. The predicted octanol–water partition coefficient (Wildman–Crippen LogP) is 2.71. The minimum Gasteiger partial charge on any atom is -0.353 e. The maximum absolute atomic E-state index is 12.2. The van der Waals surface area contributed by atoms with Crippen molar-refractivity contribution in [2.75, 3.05) is 0 Å². The summed E-state index contributed by atoms with van der Waals surface area (Å²) >= 11 is 0. The molecule has 5 nitrogen and oxygen atoms in total. The fourth-order valence-corrected chi connectivity index (χ4v) is 4.34. The lowest BCUT2D eigenvalue weighted by atomic mass is 9.68. The van der Waals surface area contributed by atoms with Gasteiger partial charge in [-0.25, -0.2) is 0 Å². The zero-order chi connectivity index (χ0) is 18.7. The van der Waals surface area contributed by atoms with E-state index in [0.717, 1.165) is 19.3 Å². The first-order chi connectivity index (χ1) is 12.5. The highest BCUT2D eigenvalue weighted by molar-refractivity contribution is 5.97. The summed E-state index contributed by atoms with van der Waals surface area (Å²) in [6.45, 7) is 4.16. The van der Waals surface area contributed by atoms with E-state index in [2.05, 4.69) is 17.6 Å². The molecule has 140 valence electrons. The summed E-state index contributed by atoms with van der Waals surface area (Å²) in [5.74, 6) is 0.975. The molecule has 1 aromatic rings. The van der Waals surface area contributed by atoms with Gasteiger partial charge in [-0.15, -0.1) is 0 Å². The number of amides is 2. The van der Waals surface area contributed by atoms with Crippen LogP contribution in [0.2, 0.25) is 0 Å². The zero-order valence-corrected chi connectivity index (χ0v) is 15.5. The first-order valence-corrected chi connectivity index (χ1v) is 9.63. The number of piperidine rings is 1. The molecule has 3 rings (SSSR count). The van der Waals surface area contributed by atoms with Crippen LogP contribution in [-0.2, 0) is 9.59 Å². The van der Waals surface area contributed by atoms with E-state index in [9.17, 15) is 14.4 Å². The molecule has 2 N–H and O–H groups in total. The fraction of sp³-hybridized carbons (Fsp3) is 0.571. The van der Waals surface area contributed by atoms with Crippen molar-refractivity contribution in [3.05, 3.63) is 35.9 Å². The Morgan fingerprint density at radius 2 is 1.85 bits per heavy atom. The fourth-order valence-electron chi connectivity index (χ4n) is 4.34. The molecule has 1 aliphatic carbocycles. The molecule has 0 radical (unpaired) electrons. The minimum absolute atomic E-state index is 0.00758. The molecule has 5 unspecified atom stereocenters. The molecule has 0 spiro atoms. The van der Waals surface area contributed by atoms with Crippen molar-refractivity contribution in [1.29, 1.82) is 0 Å². The maximum Gasteiger partial charge on any atom is 0.223 e. The average molecular weight is 356 g/mol. The standard InChI is InChI=1S/C21H28N2O3/c1-13-14(2)21(26)23-18-12-16(8-9-17(13)18)22-20(25)11-10-19(24)15-6-4-3-5-7-15/h3-7,13-14,16-18H,8-12H2,1-2H3,(H,22,25)(H,23,26). The number of ketones is 1. The van der Waals surface area contributed by atoms with Crippen LogP contribution in [0.25, 0.3) is 0 Å². The molecule has 1 saturated carbocycles. The molecule has 2 fully saturated rings. The quantitative estimate of drug-likeness (QED) is 0.797. The van der Waals surface area contributed by atoms with E-state index in [1.54, 1.807) is 12.1 Å². The van der Waals surface area contributed by atoms with Crippen LogP contribution in [0.3, 0.4) is 0 Å². The second-order valence-electron chi connectivity index (χ2n) is 7.79. The van der Waals surface area contributed by atoms with Gasteiger partial charge in [0, 0.05) is 36.4 Å². The van der Waals surface area contributed by atoms with Crippen LogP contribution in [0.5, 0.6) is 0 Å². The number of rotatable bonds is 5. The SMILES string of the molecule is CC1C(=O)NC2CC(NC(=O)CCC(=O)c3ccccc3)CCC2C1C. The summed E-state index contributed by atoms with van der Waals surface area (Å²) in [6, 6.07) is 9.30. The van der Waals surface area contributed by atoms with Gasteiger partial charge in [-0.2, -0.15) is 0 Å². The zero-order valence-electron chi connectivity index (χ0n) is 15.5. The molecule has 1 aliphatic heterocycles. The summed E-state index contributed by atoms with van der Waals surface area (Å²) in [7, 11) is 0. The Balaban J connectivity index is 1.47. The smallest absolute Gasteiger partial charge is 0.223 e. The van der Waals surface area contributed by atoms with Gasteiger partial charge >= 0.3 is 0 Å². The van der Waals surface area contributed by atoms with Gasteiger partial charge in [0.15, 0.2) is 5.78 Å². The Bertz CT molecular complexity index is 673. The van der Waals surface area contributed by atoms with E-state index in [1.807, 2.05) is 25.1 Å². The highest BCUT2D eigenvalue weighted by atomic mass is 16.2. The van der Waals surface area contributed by atoms with E-state index in [1.165, 1.54) is 0 Å². The van der Waals surface area contributed by atoms with Gasteiger partial charge in [-0.3, -0.25) is 14.4 Å². The lowest BCUT2D eigenvalue weighted by molar-refractivity contribution is -0.132. The van der Waals surface area contributed by atoms with Crippen LogP contribution >= 0.6 is 0 Å². The van der Waals surface area contributed by atoms with Crippen molar-refractivity contribution in [1.82, 2.24) is 10.6 Å². The van der Waals surface area contributed by atoms with E-state index >= 15 is 0 Å². The number of fused-ring (bicyclic) bond motifs is 1. The summed E-state index contributed by atoms with van der Waals surface area (Å²) in [4.78, 5) is 36.4. The van der Waals surface area contributed by atoms with E-state index in [4.69, 9.17) is 0 Å². The van der Waals surface area contributed by atoms with Crippen molar-refractivity contribution in [2.24, 2.45) is 17.8 Å². The predicted molar refractivity (Wildman–Crippen MR) is 99.5 cm³/mol. The molecule has 5 atom stereocenters. The second kappa shape index (κ2) is 8.02. The molecular formula is C21H28N2O3. The lowest BCUT2D eigenvalue weighted by Crippen LogP contribution is -2.57. The Morgan fingerprint density at radius 1 is 1.12 bits per heavy atom. The van der Waals surface area contributed by atoms with E-state index in [-0.39, 0.29) is 48.4 Å². The van der Waals surface area contributed by atoms with Crippen LogP contribution < -0.4 is 10.6 Å². The molecule has 5 heteroatoms. The molecule has 0 bridgehead atoms. The number of nitrogens with one attached hydrogen (secondary N) is 2. The van der Waals surface area contributed by atoms with Gasteiger partial charge in [-0.05, 0) is 31.1 Å². The third-order valence-corrected chi connectivity index (χ3v) is 6.15. The van der Waals surface area contributed by atoms with Crippen molar-refractivity contribution < 1.29 is 14.4 Å². The number of Topliss-reactive ketones (excluding diaryl/α,β-unsaturated/α-hetero) is 1. The monoisotopic (exact) mass is 356 g/mol. The van der Waals surface area contributed by atoms with Gasteiger partial charge in [0.25, 0.3) is 0 Å². The Labute approximate surface area is 154 Å². The summed E-state index contributed by atoms with van der Waals surface area (Å²) in [5, 5.41) is 6.19. The number of benzene rings is 1. The van der Waals surface area contributed by atoms with Gasteiger partial charge in [0.2, 0.25) is 11.8 Å². The van der Waals surface area contributed by atoms with Gasteiger partial charge in [0.1, 0.15) is 0 Å². The van der Waals surface area contributed by atoms with Crippen LogP contribution in [0, 0.1) is 17.8 Å². The van der Waals surface area contributed by atoms with Crippen molar-refractivity contribution >= 4 is 17.6 Å². The third kappa shape index (κ3) is 4.14. The van der Waals surface area contributed by atoms with Crippen molar-refractivity contribution in [3.63, 3.8) is 0 Å². The first kappa shape index (κ1) is 18.6. The van der Waals surface area contributed by atoms with Crippen molar-refractivity contribution in [3.8, 4) is 0 Å². The molecule has 1 heterocycles. The normalized spacial score (nSPS) is 30.8. The lowest BCUT2D eigenvalue weighted by Gasteiger charge is -2.45. The number of carbonyl (C=O) groups excluding carboxylic acids is 3. The summed E-state index contributed by atoms with van der Waals surface area (Å²) in [5.41, 5.74) is 0.647. The highest BCUT2D eigenvalue weighted by Crippen LogP contribution is 2.37. The number of hydrogen-bond acceptors (Lipinski definition) is 3. The average Bonchev–Trinajstić information content (AvgIpc) is 2.65. The largest absolute Gasteiger partial charge is 0.353 e. The van der Waals surface area contributed by atoms with Crippen LogP contribution in [0.4, 0.5) is 0 Å². The number of hydrogen-bond donors (Lipinski definition) is 2. The van der Waals surface area contributed by atoms with Gasteiger partial charge < -0.3 is 10.6 Å².